The molecular weight excluding hydrogens is 882 g/mol. The fraction of sp³-hybridized carbons (Fsp3) is 0.872. The number of ether oxygens (including phenoxy) is 2. The molecule has 18 heteroatoms. The average molecular weight is 971 g/mol. The lowest BCUT2D eigenvalue weighted by molar-refractivity contribution is -0.216. The van der Waals surface area contributed by atoms with Gasteiger partial charge in [0.1, 0.15) is 43.2 Å². The summed E-state index contributed by atoms with van der Waals surface area (Å²) in [6.07, 6.45) is 25.5. The first-order valence-corrected chi connectivity index (χ1v) is 27.9. The van der Waals surface area contributed by atoms with Crippen LogP contribution < -0.4 is 0 Å². The maximum Gasteiger partial charge on any atom is 0.472 e. The van der Waals surface area contributed by atoms with Gasteiger partial charge in [0.25, 0.3) is 0 Å². The summed E-state index contributed by atoms with van der Waals surface area (Å²) in [7, 11) is -10.7. The van der Waals surface area contributed by atoms with Gasteiger partial charge in [-0.15, -0.1) is 0 Å². The van der Waals surface area contributed by atoms with Gasteiger partial charge in [0, 0.05) is 12.8 Å². The minimum Gasteiger partial charge on any atom is -0.462 e. The van der Waals surface area contributed by atoms with E-state index in [0.717, 1.165) is 103 Å². The summed E-state index contributed by atoms with van der Waals surface area (Å²) in [6.45, 7) is 3.10. The van der Waals surface area contributed by atoms with Crippen LogP contribution in [0.5, 0.6) is 0 Å². The van der Waals surface area contributed by atoms with Crippen molar-refractivity contribution in [3.05, 3.63) is 24.3 Å². The predicted octanol–water partition coefficient (Wildman–Crippen LogP) is 9.73. The monoisotopic (exact) mass is 971 g/mol. The molecule has 0 amide bonds. The SMILES string of the molecule is CCCCCCC=CCCCCCCCCCC(=O)OCC(COP(=O)(O)OC1C(O)C(O)C(O)C(OP(=O)(O)O)C1O)OC(=O)CCCCCCCCCC=CCCCCCCCC. The van der Waals surface area contributed by atoms with Crippen molar-refractivity contribution >= 4 is 27.6 Å². The van der Waals surface area contributed by atoms with E-state index in [4.69, 9.17) is 18.5 Å². The molecule has 0 bridgehead atoms. The van der Waals surface area contributed by atoms with E-state index >= 15 is 0 Å². The van der Waals surface area contributed by atoms with Crippen LogP contribution in [-0.2, 0) is 41.8 Å². The lowest BCUT2D eigenvalue weighted by atomic mass is 9.85. The Balaban J connectivity index is 2.57. The van der Waals surface area contributed by atoms with Crippen molar-refractivity contribution < 1.29 is 76.9 Å². The molecule has 0 aromatic carbocycles. The van der Waals surface area contributed by atoms with E-state index in [1.807, 2.05) is 0 Å². The van der Waals surface area contributed by atoms with Crippen LogP contribution in [0.3, 0.4) is 0 Å². The number of aliphatic hydroxyl groups is 4. The summed E-state index contributed by atoms with van der Waals surface area (Å²) in [5.41, 5.74) is 0. The van der Waals surface area contributed by atoms with E-state index in [1.54, 1.807) is 0 Å². The number of aliphatic hydroxyl groups excluding tert-OH is 4. The molecule has 1 saturated carbocycles. The number of phosphoric acid groups is 2. The number of carbonyl (C=O) groups excluding carboxylic acids is 2. The average Bonchev–Trinajstić information content (AvgIpc) is 3.26. The van der Waals surface area contributed by atoms with Gasteiger partial charge in [0.2, 0.25) is 0 Å². The van der Waals surface area contributed by atoms with Crippen LogP contribution in [0, 0.1) is 0 Å². The van der Waals surface area contributed by atoms with E-state index in [2.05, 4.69) is 42.7 Å². The molecule has 0 aromatic rings. The molecule has 16 nitrogen and oxygen atoms in total. The standard InChI is InChI=1S/C47H88O16P2/c1-3-5-7-9-11-13-15-17-19-20-22-24-26-28-30-32-34-36-41(49)61-39(37-59-40(48)35-33-31-29-27-25-23-21-18-16-14-12-10-8-6-4-2)38-60-65(57,58)63-47-44(52)42(50)43(51)46(45(47)53)62-64(54,55)56/h14,16-17,19,39,42-47,50-53H,3-13,15,18,20-38H2,1-2H3,(H,57,58)(H2,54,55,56). The van der Waals surface area contributed by atoms with Gasteiger partial charge in [-0.1, -0.05) is 154 Å². The van der Waals surface area contributed by atoms with Crippen molar-refractivity contribution in [2.45, 2.75) is 249 Å². The second-order valence-corrected chi connectivity index (χ2v) is 20.1. The third-order valence-corrected chi connectivity index (χ3v) is 13.0. The number of phosphoric ester groups is 2. The summed E-state index contributed by atoms with van der Waals surface area (Å²) in [5.74, 6) is -1.21. The van der Waals surface area contributed by atoms with Crippen LogP contribution >= 0.6 is 15.6 Å². The molecule has 8 unspecified atom stereocenters. The lowest BCUT2D eigenvalue weighted by Crippen LogP contribution is -2.64. The zero-order chi connectivity index (χ0) is 48.2. The maximum atomic E-state index is 13.0. The van der Waals surface area contributed by atoms with Crippen LogP contribution in [0.15, 0.2) is 24.3 Å². The number of hydrogen-bond donors (Lipinski definition) is 7. The molecule has 7 N–H and O–H groups in total. The van der Waals surface area contributed by atoms with Crippen molar-refractivity contribution in [1.82, 2.24) is 0 Å². The molecule has 8 atom stereocenters. The summed E-state index contributed by atoms with van der Waals surface area (Å²) in [6, 6.07) is 0. The Morgan fingerprint density at radius 1 is 0.477 bits per heavy atom. The molecule has 1 fully saturated rings. The van der Waals surface area contributed by atoms with Crippen molar-refractivity contribution in [1.29, 1.82) is 0 Å². The van der Waals surface area contributed by atoms with Gasteiger partial charge in [-0.25, -0.2) is 9.13 Å². The van der Waals surface area contributed by atoms with Crippen molar-refractivity contribution in [2.75, 3.05) is 13.2 Å². The number of hydrogen-bond acceptors (Lipinski definition) is 13. The molecule has 0 aromatic heterocycles. The van der Waals surface area contributed by atoms with Crippen LogP contribution in [0.1, 0.15) is 206 Å². The minimum absolute atomic E-state index is 0.0403. The first-order valence-electron chi connectivity index (χ1n) is 24.9. The minimum atomic E-state index is -5.36. The lowest BCUT2D eigenvalue weighted by Gasteiger charge is -2.43. The van der Waals surface area contributed by atoms with Gasteiger partial charge in [0.05, 0.1) is 6.61 Å². The molecule has 65 heavy (non-hydrogen) atoms. The molecular formula is C47H88O16P2. The third-order valence-electron chi connectivity index (χ3n) is 11.5. The molecule has 1 aliphatic rings. The number of esters is 2. The van der Waals surface area contributed by atoms with Crippen LogP contribution in [-0.4, -0.2) is 103 Å². The fourth-order valence-electron chi connectivity index (χ4n) is 7.60. The van der Waals surface area contributed by atoms with Crippen molar-refractivity contribution in [3.63, 3.8) is 0 Å². The largest absolute Gasteiger partial charge is 0.472 e. The molecule has 382 valence electrons. The van der Waals surface area contributed by atoms with E-state index in [0.29, 0.717) is 12.8 Å². The van der Waals surface area contributed by atoms with Gasteiger partial charge in [-0.3, -0.25) is 23.2 Å². The van der Waals surface area contributed by atoms with Crippen LogP contribution in [0.2, 0.25) is 0 Å². The predicted molar refractivity (Wildman–Crippen MR) is 251 cm³/mol. The Morgan fingerprint density at radius 3 is 1.28 bits per heavy atom. The fourth-order valence-corrected chi connectivity index (χ4v) is 9.14. The van der Waals surface area contributed by atoms with E-state index in [1.165, 1.54) is 64.2 Å². The highest BCUT2D eigenvalue weighted by molar-refractivity contribution is 7.47. The van der Waals surface area contributed by atoms with Gasteiger partial charge < -0.3 is 44.6 Å². The maximum absolute atomic E-state index is 13.0. The molecule has 0 radical (unpaired) electrons. The summed E-state index contributed by atoms with van der Waals surface area (Å²) < 4.78 is 49.4. The Morgan fingerprint density at radius 2 is 0.846 bits per heavy atom. The zero-order valence-corrected chi connectivity index (χ0v) is 41.5. The smallest absolute Gasteiger partial charge is 0.462 e. The quantitative estimate of drug-likeness (QED) is 0.0130. The van der Waals surface area contributed by atoms with Gasteiger partial charge >= 0.3 is 27.6 Å². The highest BCUT2D eigenvalue weighted by Gasteiger charge is 2.54. The van der Waals surface area contributed by atoms with E-state index in [-0.39, 0.29) is 12.8 Å². The second kappa shape index (κ2) is 38.3. The number of unbranched alkanes of at least 4 members (excludes halogenated alkanes) is 24. The van der Waals surface area contributed by atoms with Gasteiger partial charge in [-0.05, 0) is 64.2 Å². The van der Waals surface area contributed by atoms with Crippen LogP contribution in [0.4, 0.5) is 0 Å². The van der Waals surface area contributed by atoms with Crippen molar-refractivity contribution in [3.8, 4) is 0 Å². The normalized spacial score (nSPS) is 21.8. The third kappa shape index (κ3) is 32.8. The van der Waals surface area contributed by atoms with Crippen molar-refractivity contribution in [2.24, 2.45) is 0 Å². The molecule has 0 saturated heterocycles. The number of allylic oxidation sites excluding steroid dienone is 4. The molecule has 1 rings (SSSR count). The first kappa shape index (κ1) is 61.5. The Kier molecular flexibility index (Phi) is 36.3. The number of carbonyl (C=O) groups is 2. The Labute approximate surface area is 390 Å². The molecule has 0 heterocycles. The zero-order valence-electron chi connectivity index (χ0n) is 39.7. The second-order valence-electron chi connectivity index (χ2n) is 17.5. The van der Waals surface area contributed by atoms with Crippen LogP contribution in [0.25, 0.3) is 0 Å². The highest BCUT2D eigenvalue weighted by Crippen LogP contribution is 2.49. The van der Waals surface area contributed by atoms with E-state index < -0.39 is 83.5 Å². The summed E-state index contributed by atoms with van der Waals surface area (Å²) in [5, 5.41) is 41.3. The van der Waals surface area contributed by atoms with Gasteiger partial charge in [0.15, 0.2) is 6.10 Å². The molecule has 0 spiro atoms. The summed E-state index contributed by atoms with van der Waals surface area (Å²) >= 11 is 0. The van der Waals surface area contributed by atoms with E-state index in [9.17, 15) is 53.8 Å². The Bertz CT molecular complexity index is 1360. The Hall–Kier alpha value is -1.52. The first-order chi connectivity index (χ1) is 31.1. The van der Waals surface area contributed by atoms with Gasteiger partial charge in [-0.2, -0.15) is 0 Å². The molecule has 0 aliphatic heterocycles. The summed E-state index contributed by atoms with van der Waals surface area (Å²) in [4.78, 5) is 54.3. The number of rotatable bonds is 42. The topological polar surface area (TPSA) is 256 Å². The molecule has 1 aliphatic carbocycles. The highest BCUT2D eigenvalue weighted by atomic mass is 31.2.